The van der Waals surface area contributed by atoms with Crippen LogP contribution in [-0.4, -0.2) is 48.6 Å². The van der Waals surface area contributed by atoms with Crippen molar-refractivity contribution in [3.63, 3.8) is 0 Å². The quantitative estimate of drug-likeness (QED) is 0.531. The van der Waals surface area contributed by atoms with Gasteiger partial charge in [-0.15, -0.1) is 11.3 Å². The van der Waals surface area contributed by atoms with Crippen LogP contribution in [0.4, 0.5) is 0 Å². The molecule has 1 heterocycles. The zero-order valence-electron chi connectivity index (χ0n) is 16.8. The van der Waals surface area contributed by atoms with Crippen molar-refractivity contribution in [2.24, 2.45) is 0 Å². The van der Waals surface area contributed by atoms with Crippen molar-refractivity contribution in [3.8, 4) is 0 Å². The average molecular weight is 405 g/mol. The van der Waals surface area contributed by atoms with Gasteiger partial charge < -0.3 is 14.4 Å². The van der Waals surface area contributed by atoms with Gasteiger partial charge in [-0.05, 0) is 37.5 Å². The summed E-state index contributed by atoms with van der Waals surface area (Å²) >= 11 is 1.34. The maximum absolute atomic E-state index is 13.0. The highest BCUT2D eigenvalue weighted by Gasteiger charge is 2.19. The van der Waals surface area contributed by atoms with E-state index in [0.717, 1.165) is 19.3 Å². The molecule has 1 aromatic carbocycles. The third-order valence-electron chi connectivity index (χ3n) is 4.23. The van der Waals surface area contributed by atoms with Crippen LogP contribution in [0.1, 0.15) is 58.1 Å². The monoisotopic (exact) mass is 404 g/mol. The second-order valence-corrected chi connectivity index (χ2v) is 7.31. The molecule has 2 aromatic rings. The average Bonchev–Trinajstić information content (AvgIpc) is 3.18. The molecule has 0 saturated heterocycles. The van der Waals surface area contributed by atoms with E-state index in [1.54, 1.807) is 24.3 Å². The number of hydrogen-bond donors (Lipinski definition) is 0. The van der Waals surface area contributed by atoms with Gasteiger partial charge in [0.15, 0.2) is 5.69 Å². The number of methoxy groups -OCH3 is 1. The number of aryl methyl sites for hydroxylation is 1. The molecule has 0 aliphatic heterocycles. The van der Waals surface area contributed by atoms with Crippen molar-refractivity contribution in [1.29, 1.82) is 0 Å². The Kier molecular flexibility index (Phi) is 9.10. The van der Waals surface area contributed by atoms with Crippen LogP contribution in [0, 0.1) is 0 Å². The van der Waals surface area contributed by atoms with Gasteiger partial charge >= 0.3 is 5.97 Å². The molecular formula is C21H28N2O4S. The van der Waals surface area contributed by atoms with E-state index in [1.807, 2.05) is 24.3 Å². The Morgan fingerprint density at radius 1 is 1.18 bits per heavy atom. The highest BCUT2D eigenvalue weighted by atomic mass is 32.1. The molecule has 2 rings (SSSR count). The van der Waals surface area contributed by atoms with Crippen LogP contribution in [0.3, 0.4) is 0 Å². The lowest BCUT2D eigenvalue weighted by molar-refractivity contribution is 0.0520. The molecule has 0 aliphatic carbocycles. The molecule has 0 bridgehead atoms. The van der Waals surface area contributed by atoms with Crippen molar-refractivity contribution in [2.45, 2.75) is 39.7 Å². The molecule has 0 spiro atoms. The summed E-state index contributed by atoms with van der Waals surface area (Å²) in [7, 11) is 1.60. The molecule has 0 fully saturated rings. The maximum Gasteiger partial charge on any atom is 0.357 e. The molecule has 7 heteroatoms. The topological polar surface area (TPSA) is 68.7 Å². The molecule has 0 unspecified atom stereocenters. The summed E-state index contributed by atoms with van der Waals surface area (Å²) in [5, 5.41) is 2.35. The molecule has 152 valence electrons. The Morgan fingerprint density at radius 3 is 2.57 bits per heavy atom. The molecule has 0 N–H and O–H groups in total. The van der Waals surface area contributed by atoms with Crippen molar-refractivity contribution in [1.82, 2.24) is 9.88 Å². The van der Waals surface area contributed by atoms with E-state index in [2.05, 4.69) is 11.9 Å². The summed E-state index contributed by atoms with van der Waals surface area (Å²) in [5.41, 5.74) is 2.15. The van der Waals surface area contributed by atoms with E-state index in [1.165, 1.54) is 16.9 Å². The van der Waals surface area contributed by atoms with Crippen molar-refractivity contribution in [3.05, 3.63) is 51.5 Å². The van der Waals surface area contributed by atoms with Gasteiger partial charge in [0.1, 0.15) is 5.01 Å². The summed E-state index contributed by atoms with van der Waals surface area (Å²) in [6.07, 6.45) is 3.31. The Balaban J connectivity index is 2.09. The molecule has 0 radical (unpaired) electrons. The van der Waals surface area contributed by atoms with Gasteiger partial charge in [0.25, 0.3) is 5.91 Å². The number of unbranched alkanes of at least 4 members (excludes halogenated alkanes) is 1. The number of amides is 1. The van der Waals surface area contributed by atoms with E-state index in [0.29, 0.717) is 36.9 Å². The number of esters is 1. The maximum atomic E-state index is 13.0. The lowest BCUT2D eigenvalue weighted by Gasteiger charge is -2.21. The van der Waals surface area contributed by atoms with Crippen molar-refractivity contribution < 1.29 is 19.1 Å². The lowest BCUT2D eigenvalue weighted by Crippen LogP contribution is -2.33. The van der Waals surface area contributed by atoms with Gasteiger partial charge in [-0.3, -0.25) is 4.79 Å². The number of aromatic nitrogens is 1. The standard InChI is InChI=1S/C21H28N2O4S/c1-4-6-7-16-8-10-17(11-9-16)20(24)23(12-13-26-3)14-19-22-18(15-28-19)21(25)27-5-2/h8-11,15H,4-7,12-14H2,1-3H3. The predicted molar refractivity (Wildman–Crippen MR) is 110 cm³/mol. The molecule has 0 atom stereocenters. The second kappa shape index (κ2) is 11.6. The molecule has 6 nitrogen and oxygen atoms in total. The third kappa shape index (κ3) is 6.42. The first-order valence-corrected chi connectivity index (χ1v) is 10.5. The zero-order valence-corrected chi connectivity index (χ0v) is 17.6. The fourth-order valence-electron chi connectivity index (χ4n) is 2.68. The highest BCUT2D eigenvalue weighted by Crippen LogP contribution is 2.16. The Labute approximate surface area is 170 Å². The van der Waals surface area contributed by atoms with Crippen LogP contribution < -0.4 is 0 Å². The number of rotatable bonds is 11. The minimum Gasteiger partial charge on any atom is -0.461 e. The van der Waals surface area contributed by atoms with Crippen LogP contribution in [-0.2, 0) is 22.4 Å². The van der Waals surface area contributed by atoms with E-state index >= 15 is 0 Å². The Morgan fingerprint density at radius 2 is 1.93 bits per heavy atom. The summed E-state index contributed by atoms with van der Waals surface area (Å²) < 4.78 is 10.1. The first kappa shape index (κ1) is 22.0. The molecule has 0 saturated carbocycles. The van der Waals surface area contributed by atoms with Crippen LogP contribution in [0.5, 0.6) is 0 Å². The minimum atomic E-state index is -0.442. The first-order valence-electron chi connectivity index (χ1n) is 9.57. The second-order valence-electron chi connectivity index (χ2n) is 6.37. The summed E-state index contributed by atoms with van der Waals surface area (Å²) in [6, 6.07) is 7.78. The molecular weight excluding hydrogens is 376 g/mol. The number of carbonyl (C=O) groups excluding carboxylic acids is 2. The van der Waals surface area contributed by atoms with Gasteiger partial charge in [-0.25, -0.2) is 9.78 Å². The number of ether oxygens (including phenoxy) is 2. The van der Waals surface area contributed by atoms with Crippen LogP contribution in [0.15, 0.2) is 29.6 Å². The van der Waals surface area contributed by atoms with Crippen molar-refractivity contribution in [2.75, 3.05) is 26.9 Å². The SMILES string of the molecule is CCCCc1ccc(C(=O)N(CCOC)Cc2nc(C(=O)OCC)cs2)cc1. The van der Waals surface area contributed by atoms with Gasteiger partial charge in [0, 0.05) is 24.6 Å². The molecule has 0 aliphatic rings. The molecule has 1 amide bonds. The van der Waals surface area contributed by atoms with Crippen LogP contribution in [0.2, 0.25) is 0 Å². The van der Waals surface area contributed by atoms with Crippen molar-refractivity contribution >= 4 is 23.2 Å². The Bertz CT molecular complexity index is 758. The fraction of sp³-hybridized carbons (Fsp3) is 0.476. The number of carbonyl (C=O) groups is 2. The largest absolute Gasteiger partial charge is 0.461 e. The highest BCUT2D eigenvalue weighted by molar-refractivity contribution is 7.09. The number of nitrogens with zero attached hydrogens (tertiary/aromatic N) is 2. The Hall–Kier alpha value is -2.25. The number of thiazole rings is 1. The van der Waals surface area contributed by atoms with Gasteiger partial charge in [-0.2, -0.15) is 0 Å². The van der Waals surface area contributed by atoms with Gasteiger partial charge in [-0.1, -0.05) is 25.5 Å². The minimum absolute atomic E-state index is 0.0769. The summed E-state index contributed by atoms with van der Waals surface area (Å²) in [5.74, 6) is -0.519. The van der Waals surface area contributed by atoms with E-state index in [9.17, 15) is 9.59 Å². The third-order valence-corrected chi connectivity index (χ3v) is 5.07. The zero-order chi connectivity index (χ0) is 20.4. The summed E-state index contributed by atoms with van der Waals surface area (Å²) in [4.78, 5) is 30.8. The normalized spacial score (nSPS) is 10.7. The fourth-order valence-corrected chi connectivity index (χ4v) is 3.45. The van der Waals surface area contributed by atoms with E-state index in [-0.39, 0.29) is 11.6 Å². The van der Waals surface area contributed by atoms with E-state index < -0.39 is 5.97 Å². The van der Waals surface area contributed by atoms with Crippen LogP contribution >= 0.6 is 11.3 Å². The number of hydrogen-bond acceptors (Lipinski definition) is 6. The summed E-state index contributed by atoms with van der Waals surface area (Å²) in [6.45, 7) is 5.42. The van der Waals surface area contributed by atoms with E-state index in [4.69, 9.17) is 9.47 Å². The molecule has 1 aromatic heterocycles. The molecule has 28 heavy (non-hydrogen) atoms. The predicted octanol–water partition coefficient (Wildman–Crippen LogP) is 3.95. The van der Waals surface area contributed by atoms with Gasteiger partial charge in [0.2, 0.25) is 0 Å². The van der Waals surface area contributed by atoms with Gasteiger partial charge in [0.05, 0.1) is 19.8 Å². The number of benzene rings is 1. The first-order chi connectivity index (χ1) is 13.6. The lowest BCUT2D eigenvalue weighted by atomic mass is 10.1. The smallest absolute Gasteiger partial charge is 0.357 e. The van der Waals surface area contributed by atoms with Crippen LogP contribution in [0.25, 0.3) is 0 Å².